The minimum absolute atomic E-state index is 0.143. The zero-order valence-electron chi connectivity index (χ0n) is 11.6. The van der Waals surface area contributed by atoms with Crippen molar-refractivity contribution in [3.05, 3.63) is 12.4 Å². The summed E-state index contributed by atoms with van der Waals surface area (Å²) >= 11 is 0. The summed E-state index contributed by atoms with van der Waals surface area (Å²) in [4.78, 5) is 11.2. The quantitative estimate of drug-likeness (QED) is 0.543. The molecule has 1 heterocycles. The van der Waals surface area contributed by atoms with E-state index in [4.69, 9.17) is 0 Å². The van der Waals surface area contributed by atoms with Crippen LogP contribution in [0.4, 0.5) is 0 Å². The number of likely N-dealkylation sites (N-methyl/N-ethyl adjacent to an activating group) is 1. The van der Waals surface area contributed by atoms with Gasteiger partial charge in [-0.05, 0) is 20.0 Å². The predicted molar refractivity (Wildman–Crippen MR) is 71.6 cm³/mol. The van der Waals surface area contributed by atoms with Crippen molar-refractivity contribution in [2.24, 2.45) is 0 Å². The van der Waals surface area contributed by atoms with Crippen LogP contribution >= 0.6 is 0 Å². The minimum atomic E-state index is -0.876. The summed E-state index contributed by atoms with van der Waals surface area (Å²) < 4.78 is 4.08. The highest BCUT2D eigenvalue weighted by Gasteiger charge is 2.12. The maximum absolute atomic E-state index is 11.2. The number of nitrogens with one attached hydrogen (secondary N) is 2. The Morgan fingerprint density at radius 2 is 2.05 bits per heavy atom. The van der Waals surface area contributed by atoms with Gasteiger partial charge in [-0.15, -0.1) is 0 Å². The van der Waals surface area contributed by atoms with E-state index in [1.54, 1.807) is 7.05 Å². The molecule has 0 aliphatic heterocycles. The van der Waals surface area contributed by atoms with Gasteiger partial charge >= 0.3 is 0 Å². The topological polar surface area (TPSA) is 100 Å². The molecule has 1 aromatic rings. The van der Waals surface area contributed by atoms with Crippen molar-refractivity contribution >= 4 is 5.78 Å². The molecule has 1 atom stereocenters. The van der Waals surface area contributed by atoms with E-state index in [0.717, 1.165) is 13.0 Å². The molecule has 7 nitrogen and oxygen atoms in total. The smallest absolute Gasteiger partial charge is 0.176 e. The molecule has 0 aliphatic rings. The Balaban J connectivity index is 0.000000532. The third kappa shape index (κ3) is 11.5. The van der Waals surface area contributed by atoms with E-state index in [9.17, 15) is 9.90 Å². The molecule has 0 aromatic carbocycles. The first-order valence-electron chi connectivity index (χ1n) is 6.50. The van der Waals surface area contributed by atoms with Gasteiger partial charge in [0.25, 0.3) is 0 Å². The second-order valence-corrected chi connectivity index (χ2v) is 4.01. The second-order valence-electron chi connectivity index (χ2n) is 4.01. The molecule has 0 fully saturated rings. The summed E-state index contributed by atoms with van der Waals surface area (Å²) in [7, 11) is 1.71. The van der Waals surface area contributed by atoms with E-state index < -0.39 is 6.10 Å². The molecule has 0 saturated heterocycles. The second kappa shape index (κ2) is 13.1. The molecule has 0 amide bonds. The number of carbonyl (C=O) groups excluding carboxylic acids is 1. The lowest BCUT2D eigenvalue weighted by atomic mass is 10.2. The molecule has 0 saturated carbocycles. The SMILES string of the molecule is CCCCCNCC(=O)C(O)CNC.c1cnon1. The van der Waals surface area contributed by atoms with Gasteiger partial charge in [0.1, 0.15) is 6.10 Å². The van der Waals surface area contributed by atoms with Crippen molar-refractivity contribution in [2.75, 3.05) is 26.7 Å². The van der Waals surface area contributed by atoms with Crippen molar-refractivity contribution in [1.82, 2.24) is 20.9 Å². The fourth-order valence-electron chi connectivity index (χ4n) is 1.27. The molecule has 110 valence electrons. The summed E-state index contributed by atoms with van der Waals surface area (Å²) in [6.45, 7) is 3.59. The summed E-state index contributed by atoms with van der Waals surface area (Å²) in [5, 5.41) is 21.5. The van der Waals surface area contributed by atoms with E-state index in [1.165, 1.54) is 25.2 Å². The molecule has 0 radical (unpaired) electrons. The first-order chi connectivity index (χ1) is 9.22. The molecule has 1 aromatic heterocycles. The number of hydrogen-bond acceptors (Lipinski definition) is 7. The Morgan fingerprint density at radius 3 is 2.53 bits per heavy atom. The normalized spacial score (nSPS) is 11.5. The van der Waals surface area contributed by atoms with Crippen LogP contribution in [0.5, 0.6) is 0 Å². The van der Waals surface area contributed by atoms with Gasteiger partial charge in [-0.1, -0.05) is 30.1 Å². The number of nitrogens with zero attached hydrogens (tertiary/aromatic N) is 2. The van der Waals surface area contributed by atoms with Crippen LogP contribution in [0, 0.1) is 0 Å². The molecule has 1 unspecified atom stereocenters. The molecular weight excluding hydrogens is 248 g/mol. The Morgan fingerprint density at radius 1 is 1.37 bits per heavy atom. The van der Waals surface area contributed by atoms with Crippen LogP contribution in [0.25, 0.3) is 0 Å². The lowest BCUT2D eigenvalue weighted by Crippen LogP contribution is -2.37. The van der Waals surface area contributed by atoms with Crippen LogP contribution in [0.1, 0.15) is 26.2 Å². The first kappa shape index (κ1) is 17.7. The Bertz CT molecular complexity index is 276. The highest BCUT2D eigenvalue weighted by atomic mass is 16.6. The number of aliphatic hydroxyl groups excluding tert-OH is 1. The van der Waals surface area contributed by atoms with E-state index >= 15 is 0 Å². The number of ketones is 1. The maximum Gasteiger partial charge on any atom is 0.176 e. The molecule has 7 heteroatoms. The number of Topliss-reactive ketones (excluding diaryl/α,β-unsaturated/α-hetero) is 1. The Labute approximate surface area is 113 Å². The van der Waals surface area contributed by atoms with Crippen LogP contribution in [0.2, 0.25) is 0 Å². The third-order valence-corrected chi connectivity index (χ3v) is 2.31. The number of carbonyl (C=O) groups is 1. The fraction of sp³-hybridized carbons (Fsp3) is 0.750. The van der Waals surface area contributed by atoms with Crippen molar-refractivity contribution in [3.8, 4) is 0 Å². The zero-order chi connectivity index (χ0) is 14.3. The van der Waals surface area contributed by atoms with Crippen LogP contribution < -0.4 is 10.6 Å². The first-order valence-corrected chi connectivity index (χ1v) is 6.50. The average Bonchev–Trinajstić information content (AvgIpc) is 2.97. The van der Waals surface area contributed by atoms with Crippen molar-refractivity contribution in [2.45, 2.75) is 32.3 Å². The van der Waals surface area contributed by atoms with Gasteiger partial charge in [0.05, 0.1) is 18.9 Å². The monoisotopic (exact) mass is 272 g/mol. The number of unbranched alkanes of at least 4 members (excludes halogenated alkanes) is 2. The predicted octanol–water partition coefficient (Wildman–Crippen LogP) is -0.0148. The largest absolute Gasteiger partial charge is 0.384 e. The minimum Gasteiger partial charge on any atom is -0.384 e. The van der Waals surface area contributed by atoms with Crippen molar-refractivity contribution < 1.29 is 14.5 Å². The van der Waals surface area contributed by atoms with Crippen molar-refractivity contribution in [3.63, 3.8) is 0 Å². The fourth-order valence-corrected chi connectivity index (χ4v) is 1.27. The van der Waals surface area contributed by atoms with E-state index in [2.05, 4.69) is 32.5 Å². The molecule has 19 heavy (non-hydrogen) atoms. The molecule has 3 N–H and O–H groups in total. The lowest BCUT2D eigenvalue weighted by Gasteiger charge is -2.09. The Kier molecular flexibility index (Phi) is 12.2. The van der Waals surface area contributed by atoms with Gasteiger partial charge in [0.15, 0.2) is 5.78 Å². The van der Waals surface area contributed by atoms with Crippen LogP contribution in [-0.2, 0) is 4.79 Å². The standard InChI is InChI=1S/C10H22N2O2.C2H2N2O/c1-3-4-5-6-12-8-10(14)9(13)7-11-2;1-2-4-5-3-1/h9,11-13H,3-8H2,1-2H3;1-2H. The summed E-state index contributed by atoms with van der Waals surface area (Å²) in [6, 6.07) is 0. The van der Waals surface area contributed by atoms with Crippen LogP contribution in [-0.4, -0.2) is 54.0 Å². The highest BCUT2D eigenvalue weighted by Crippen LogP contribution is 1.91. The summed E-state index contributed by atoms with van der Waals surface area (Å²) in [5.74, 6) is -0.143. The number of hydrogen-bond donors (Lipinski definition) is 3. The number of aliphatic hydroxyl groups is 1. The molecule has 1 rings (SSSR count). The van der Waals surface area contributed by atoms with Gasteiger partial charge in [0, 0.05) is 6.54 Å². The van der Waals surface area contributed by atoms with E-state index in [0.29, 0.717) is 6.54 Å². The van der Waals surface area contributed by atoms with Gasteiger partial charge in [-0.25, -0.2) is 4.63 Å². The molecule has 0 spiro atoms. The number of aromatic nitrogens is 2. The van der Waals surface area contributed by atoms with Gasteiger partial charge in [0.2, 0.25) is 0 Å². The summed E-state index contributed by atoms with van der Waals surface area (Å²) in [6.07, 6.45) is 5.52. The van der Waals surface area contributed by atoms with Gasteiger partial charge in [-0.2, -0.15) is 0 Å². The van der Waals surface area contributed by atoms with Crippen LogP contribution in [0.3, 0.4) is 0 Å². The average molecular weight is 272 g/mol. The maximum atomic E-state index is 11.2. The van der Waals surface area contributed by atoms with E-state index in [1.807, 2.05) is 0 Å². The zero-order valence-corrected chi connectivity index (χ0v) is 11.6. The molecule has 0 bridgehead atoms. The number of rotatable bonds is 9. The van der Waals surface area contributed by atoms with Crippen LogP contribution in [0.15, 0.2) is 17.0 Å². The molecular formula is C12H24N4O3. The summed E-state index contributed by atoms with van der Waals surface area (Å²) in [5.41, 5.74) is 0. The van der Waals surface area contributed by atoms with Crippen molar-refractivity contribution in [1.29, 1.82) is 0 Å². The lowest BCUT2D eigenvalue weighted by molar-refractivity contribution is -0.125. The van der Waals surface area contributed by atoms with Gasteiger partial charge < -0.3 is 15.7 Å². The third-order valence-electron chi connectivity index (χ3n) is 2.31. The highest BCUT2D eigenvalue weighted by molar-refractivity contribution is 5.84. The van der Waals surface area contributed by atoms with E-state index in [-0.39, 0.29) is 12.3 Å². The van der Waals surface area contributed by atoms with Gasteiger partial charge in [-0.3, -0.25) is 4.79 Å². The molecule has 0 aliphatic carbocycles. The Hall–Kier alpha value is -1.31.